The summed E-state index contributed by atoms with van der Waals surface area (Å²) in [6, 6.07) is 0. The van der Waals surface area contributed by atoms with Crippen LogP contribution in [0.1, 0.15) is 59.8 Å². The molecule has 0 aliphatic carbocycles. The molecule has 1 saturated heterocycles. The molecule has 1 aliphatic heterocycles. The number of nitrogens with one attached hydrogen (secondary N) is 2. The van der Waals surface area contributed by atoms with Crippen molar-refractivity contribution in [2.45, 2.75) is 70.9 Å². The van der Waals surface area contributed by atoms with Crippen LogP contribution in [0.5, 0.6) is 0 Å². The van der Waals surface area contributed by atoms with Crippen molar-refractivity contribution in [3.63, 3.8) is 0 Å². The third-order valence-electron chi connectivity index (χ3n) is 3.25. The number of alkyl carbamates (subject to hydrolysis) is 1. The molecule has 1 aliphatic rings. The first-order valence-corrected chi connectivity index (χ1v) is 7.08. The van der Waals surface area contributed by atoms with E-state index in [0.717, 1.165) is 38.6 Å². The fraction of sp³-hybridized carbons (Fsp3) is 0.857. The van der Waals surface area contributed by atoms with Crippen molar-refractivity contribution in [1.29, 1.82) is 0 Å². The number of carbonyl (C=O) groups is 2. The molecule has 5 nitrogen and oxygen atoms in total. The van der Waals surface area contributed by atoms with E-state index in [2.05, 4.69) is 17.6 Å². The number of hydrogen-bond donors (Lipinski definition) is 2. The molecule has 1 heterocycles. The zero-order valence-electron chi connectivity index (χ0n) is 12.5. The van der Waals surface area contributed by atoms with Crippen LogP contribution in [-0.4, -0.2) is 29.7 Å². The number of hydrogen-bond acceptors (Lipinski definition) is 4. The summed E-state index contributed by atoms with van der Waals surface area (Å²) in [6.45, 7) is 8.24. The van der Waals surface area contributed by atoms with Gasteiger partial charge in [0.25, 0.3) is 0 Å². The average molecular weight is 270 g/mol. The number of carbonyl (C=O) groups excluding carboxylic acids is 2. The molecule has 2 amide bonds. The van der Waals surface area contributed by atoms with Crippen molar-refractivity contribution in [2.75, 3.05) is 6.54 Å². The Balaban J connectivity index is 2.60. The van der Waals surface area contributed by atoms with E-state index in [1.54, 1.807) is 20.8 Å². The first kappa shape index (κ1) is 16.0. The molecule has 2 N–H and O–H groups in total. The molecule has 1 rings (SSSR count). The number of rotatable bonds is 4. The van der Waals surface area contributed by atoms with Crippen molar-refractivity contribution in [3.8, 4) is 0 Å². The van der Waals surface area contributed by atoms with Crippen LogP contribution in [0, 0.1) is 0 Å². The molecule has 0 aromatic heterocycles. The van der Waals surface area contributed by atoms with E-state index in [0.29, 0.717) is 0 Å². The van der Waals surface area contributed by atoms with Gasteiger partial charge in [-0.15, -0.1) is 0 Å². The summed E-state index contributed by atoms with van der Waals surface area (Å²) in [7, 11) is 0. The molecule has 0 spiro atoms. The molecule has 19 heavy (non-hydrogen) atoms. The second kappa shape index (κ2) is 6.37. The summed E-state index contributed by atoms with van der Waals surface area (Å²) in [5.41, 5.74) is -1.18. The topological polar surface area (TPSA) is 67.4 Å². The Hall–Kier alpha value is -1.10. The van der Waals surface area contributed by atoms with Gasteiger partial charge in [-0.25, -0.2) is 4.79 Å². The fourth-order valence-electron chi connectivity index (χ4n) is 2.32. The maximum absolute atomic E-state index is 12.3. The highest BCUT2D eigenvalue weighted by molar-refractivity contribution is 5.97. The van der Waals surface area contributed by atoms with E-state index in [1.807, 2.05) is 0 Å². The maximum atomic E-state index is 12.3. The highest BCUT2D eigenvalue weighted by Gasteiger charge is 2.41. The lowest BCUT2D eigenvalue weighted by molar-refractivity contribution is -0.127. The Kier molecular flexibility index (Phi) is 5.35. The minimum Gasteiger partial charge on any atom is -0.444 e. The van der Waals surface area contributed by atoms with E-state index < -0.39 is 17.2 Å². The van der Waals surface area contributed by atoms with Crippen LogP contribution >= 0.6 is 0 Å². The lowest BCUT2D eigenvalue weighted by Gasteiger charge is -2.28. The molecular weight excluding hydrogens is 244 g/mol. The zero-order chi connectivity index (χ0) is 14.5. The van der Waals surface area contributed by atoms with Gasteiger partial charge in [0.2, 0.25) is 5.91 Å². The molecule has 0 unspecified atom stereocenters. The average Bonchev–Trinajstić information content (AvgIpc) is 2.73. The highest BCUT2D eigenvalue weighted by Crippen LogP contribution is 2.25. The SMILES string of the molecule is CCCC[C@@]1(C(=O)NC(=O)OC(C)(C)C)CCCN1. The quantitative estimate of drug-likeness (QED) is 0.823. The van der Waals surface area contributed by atoms with Gasteiger partial charge < -0.3 is 10.1 Å². The second-order valence-electron chi connectivity index (χ2n) is 6.17. The predicted molar refractivity (Wildman–Crippen MR) is 73.9 cm³/mol. The minimum atomic E-state index is -0.665. The summed E-state index contributed by atoms with van der Waals surface area (Å²) in [6.07, 6.45) is 3.84. The van der Waals surface area contributed by atoms with Crippen LogP contribution in [0.25, 0.3) is 0 Å². The Bertz CT molecular complexity index is 328. The first-order valence-electron chi connectivity index (χ1n) is 7.08. The number of unbranched alkanes of at least 4 members (excludes halogenated alkanes) is 1. The standard InChI is InChI=1S/C14H26N2O3/c1-5-6-8-14(9-7-10-15-14)11(17)16-12(18)19-13(2,3)4/h15H,5-10H2,1-4H3,(H,16,17,18)/t14-/m0/s1. The van der Waals surface area contributed by atoms with Gasteiger partial charge in [0.05, 0.1) is 5.54 Å². The van der Waals surface area contributed by atoms with Crippen molar-refractivity contribution >= 4 is 12.0 Å². The molecule has 5 heteroatoms. The zero-order valence-corrected chi connectivity index (χ0v) is 12.5. The van der Waals surface area contributed by atoms with E-state index in [-0.39, 0.29) is 5.91 Å². The normalized spacial score (nSPS) is 23.2. The van der Waals surface area contributed by atoms with Crippen molar-refractivity contribution in [2.24, 2.45) is 0 Å². The molecule has 110 valence electrons. The smallest absolute Gasteiger partial charge is 0.414 e. The van der Waals surface area contributed by atoms with Gasteiger partial charge in [-0.05, 0) is 46.6 Å². The number of amides is 2. The van der Waals surface area contributed by atoms with Gasteiger partial charge in [-0.3, -0.25) is 10.1 Å². The maximum Gasteiger partial charge on any atom is 0.414 e. The summed E-state index contributed by atoms with van der Waals surface area (Å²) < 4.78 is 5.12. The van der Waals surface area contributed by atoms with Crippen molar-refractivity contribution in [3.05, 3.63) is 0 Å². The molecule has 0 radical (unpaired) electrons. The van der Waals surface area contributed by atoms with E-state index >= 15 is 0 Å². The van der Waals surface area contributed by atoms with Crippen molar-refractivity contribution < 1.29 is 14.3 Å². The molecule has 0 saturated carbocycles. The number of ether oxygens (including phenoxy) is 1. The van der Waals surface area contributed by atoms with Gasteiger partial charge in [0.1, 0.15) is 5.60 Å². The van der Waals surface area contributed by atoms with Gasteiger partial charge >= 0.3 is 6.09 Å². The third kappa shape index (κ3) is 4.82. The summed E-state index contributed by atoms with van der Waals surface area (Å²) in [4.78, 5) is 24.0. The molecule has 1 atom stereocenters. The van der Waals surface area contributed by atoms with Crippen LogP contribution in [0.15, 0.2) is 0 Å². The van der Waals surface area contributed by atoms with E-state index in [9.17, 15) is 9.59 Å². The minimum absolute atomic E-state index is 0.257. The monoisotopic (exact) mass is 270 g/mol. The van der Waals surface area contributed by atoms with Crippen LogP contribution in [0.2, 0.25) is 0 Å². The largest absolute Gasteiger partial charge is 0.444 e. The van der Waals surface area contributed by atoms with Crippen LogP contribution in [-0.2, 0) is 9.53 Å². The van der Waals surface area contributed by atoms with Crippen LogP contribution in [0.4, 0.5) is 4.79 Å². The third-order valence-corrected chi connectivity index (χ3v) is 3.25. The Morgan fingerprint density at radius 1 is 1.37 bits per heavy atom. The summed E-state index contributed by atoms with van der Waals surface area (Å²) in [5.74, 6) is -0.257. The van der Waals surface area contributed by atoms with Crippen LogP contribution < -0.4 is 10.6 Å². The first-order chi connectivity index (χ1) is 8.79. The van der Waals surface area contributed by atoms with Gasteiger partial charge in [-0.2, -0.15) is 0 Å². The summed E-state index contributed by atoms with van der Waals surface area (Å²) in [5, 5.41) is 5.62. The molecular formula is C14H26N2O3. The number of imide groups is 1. The Morgan fingerprint density at radius 3 is 2.53 bits per heavy atom. The molecule has 0 aromatic carbocycles. The van der Waals surface area contributed by atoms with Gasteiger partial charge in [0.15, 0.2) is 0 Å². The Morgan fingerprint density at radius 2 is 2.05 bits per heavy atom. The predicted octanol–water partition coefficient (Wildman–Crippen LogP) is 2.35. The van der Waals surface area contributed by atoms with E-state index in [1.165, 1.54) is 0 Å². The second-order valence-corrected chi connectivity index (χ2v) is 6.17. The highest BCUT2D eigenvalue weighted by atomic mass is 16.6. The molecule has 0 bridgehead atoms. The van der Waals surface area contributed by atoms with Crippen LogP contribution in [0.3, 0.4) is 0 Å². The van der Waals surface area contributed by atoms with Gasteiger partial charge in [0, 0.05) is 0 Å². The van der Waals surface area contributed by atoms with E-state index in [4.69, 9.17) is 4.74 Å². The fourth-order valence-corrected chi connectivity index (χ4v) is 2.32. The van der Waals surface area contributed by atoms with Crippen molar-refractivity contribution in [1.82, 2.24) is 10.6 Å². The molecule has 0 aromatic rings. The molecule has 1 fully saturated rings. The lowest BCUT2D eigenvalue weighted by Crippen LogP contribution is -2.55. The Labute approximate surface area is 115 Å². The van der Waals surface area contributed by atoms with Gasteiger partial charge in [-0.1, -0.05) is 19.8 Å². The summed E-state index contributed by atoms with van der Waals surface area (Å²) >= 11 is 0. The lowest BCUT2D eigenvalue weighted by atomic mass is 9.90.